The summed E-state index contributed by atoms with van der Waals surface area (Å²) in [6, 6.07) is 5.84. The molecule has 0 aliphatic rings. The number of nitrogen functional groups attached to an aromatic ring is 1. The lowest BCUT2D eigenvalue weighted by molar-refractivity contribution is 0.438. The van der Waals surface area contributed by atoms with Gasteiger partial charge in [0.05, 0.1) is 5.02 Å². The van der Waals surface area contributed by atoms with E-state index in [1.807, 2.05) is 25.1 Å². The molecule has 0 fully saturated rings. The SMILES string of the molecule is Cc1cccc(-c2noc(N)c2C(C)C)c1Cl. The molecule has 0 aliphatic carbocycles. The molecule has 17 heavy (non-hydrogen) atoms. The molecule has 0 atom stereocenters. The number of aryl methyl sites for hydroxylation is 1. The first-order valence-corrected chi connectivity index (χ1v) is 5.90. The Morgan fingerprint density at radius 2 is 2.06 bits per heavy atom. The zero-order valence-corrected chi connectivity index (χ0v) is 10.9. The Morgan fingerprint density at radius 3 is 2.71 bits per heavy atom. The first-order valence-electron chi connectivity index (χ1n) is 5.53. The van der Waals surface area contributed by atoms with E-state index in [2.05, 4.69) is 19.0 Å². The molecule has 0 saturated carbocycles. The Labute approximate surface area is 106 Å². The summed E-state index contributed by atoms with van der Waals surface area (Å²) < 4.78 is 5.08. The van der Waals surface area contributed by atoms with E-state index in [9.17, 15) is 0 Å². The molecule has 0 spiro atoms. The molecule has 90 valence electrons. The predicted octanol–water partition coefficient (Wildman–Crippen LogP) is 4.01. The lowest BCUT2D eigenvalue weighted by Gasteiger charge is -2.08. The van der Waals surface area contributed by atoms with Crippen LogP contribution in [-0.4, -0.2) is 5.16 Å². The second-order valence-corrected chi connectivity index (χ2v) is 4.78. The minimum atomic E-state index is 0.243. The summed E-state index contributed by atoms with van der Waals surface area (Å²) in [5.74, 6) is 0.611. The van der Waals surface area contributed by atoms with Crippen LogP contribution in [0.2, 0.25) is 5.02 Å². The maximum Gasteiger partial charge on any atom is 0.226 e. The second-order valence-electron chi connectivity index (χ2n) is 4.40. The van der Waals surface area contributed by atoms with Crippen molar-refractivity contribution in [3.05, 3.63) is 34.3 Å². The van der Waals surface area contributed by atoms with E-state index in [0.717, 1.165) is 22.4 Å². The smallest absolute Gasteiger partial charge is 0.226 e. The lowest BCUT2D eigenvalue weighted by atomic mass is 9.98. The van der Waals surface area contributed by atoms with Crippen molar-refractivity contribution in [1.82, 2.24) is 5.16 Å². The maximum atomic E-state index is 6.29. The molecule has 2 N–H and O–H groups in total. The van der Waals surface area contributed by atoms with Gasteiger partial charge < -0.3 is 10.3 Å². The van der Waals surface area contributed by atoms with Gasteiger partial charge in [-0.3, -0.25) is 0 Å². The number of hydrogen-bond acceptors (Lipinski definition) is 3. The summed E-state index contributed by atoms with van der Waals surface area (Å²) in [4.78, 5) is 0. The molecular formula is C13H15ClN2O. The minimum absolute atomic E-state index is 0.243. The largest absolute Gasteiger partial charge is 0.367 e. The van der Waals surface area contributed by atoms with Crippen molar-refractivity contribution < 1.29 is 4.52 Å². The van der Waals surface area contributed by atoms with Crippen molar-refractivity contribution in [2.45, 2.75) is 26.7 Å². The number of halogens is 1. The highest BCUT2D eigenvalue weighted by molar-refractivity contribution is 6.34. The highest BCUT2D eigenvalue weighted by Crippen LogP contribution is 2.37. The van der Waals surface area contributed by atoms with Gasteiger partial charge in [-0.15, -0.1) is 0 Å². The summed E-state index contributed by atoms with van der Waals surface area (Å²) in [5.41, 5.74) is 9.34. The number of rotatable bonds is 2. The van der Waals surface area contributed by atoms with Crippen molar-refractivity contribution in [2.24, 2.45) is 0 Å². The van der Waals surface area contributed by atoms with Crippen LogP contribution in [0.25, 0.3) is 11.3 Å². The van der Waals surface area contributed by atoms with E-state index in [-0.39, 0.29) is 5.92 Å². The van der Waals surface area contributed by atoms with Gasteiger partial charge in [0.2, 0.25) is 5.88 Å². The van der Waals surface area contributed by atoms with Gasteiger partial charge in [-0.2, -0.15) is 0 Å². The number of hydrogen-bond donors (Lipinski definition) is 1. The maximum absolute atomic E-state index is 6.29. The molecule has 2 aromatic rings. The van der Waals surface area contributed by atoms with Gasteiger partial charge in [0.15, 0.2) is 0 Å². The Kier molecular flexibility index (Phi) is 3.11. The second kappa shape index (κ2) is 4.41. The molecule has 3 nitrogen and oxygen atoms in total. The first-order chi connectivity index (χ1) is 8.02. The van der Waals surface area contributed by atoms with Crippen LogP contribution in [0.3, 0.4) is 0 Å². The van der Waals surface area contributed by atoms with Crippen LogP contribution in [0.4, 0.5) is 5.88 Å². The van der Waals surface area contributed by atoms with Crippen LogP contribution in [0.15, 0.2) is 22.7 Å². The fourth-order valence-corrected chi connectivity index (χ4v) is 2.11. The third-order valence-corrected chi connectivity index (χ3v) is 3.28. The van der Waals surface area contributed by atoms with E-state index in [1.165, 1.54) is 0 Å². The average Bonchev–Trinajstić information content (AvgIpc) is 2.64. The standard InChI is InChI=1S/C13H15ClN2O/c1-7(2)10-12(16-17-13(10)15)9-6-4-5-8(3)11(9)14/h4-7H,15H2,1-3H3. The summed E-state index contributed by atoms with van der Waals surface area (Å²) >= 11 is 6.29. The molecule has 1 heterocycles. The van der Waals surface area contributed by atoms with Gasteiger partial charge in [0.1, 0.15) is 5.69 Å². The van der Waals surface area contributed by atoms with E-state index < -0.39 is 0 Å². The normalized spacial score (nSPS) is 11.1. The molecule has 0 bridgehead atoms. The molecule has 1 aromatic carbocycles. The molecule has 4 heteroatoms. The Bertz CT molecular complexity index is 546. The minimum Gasteiger partial charge on any atom is -0.367 e. The summed E-state index contributed by atoms with van der Waals surface area (Å²) in [7, 11) is 0. The Balaban J connectivity index is 2.65. The zero-order valence-electron chi connectivity index (χ0n) is 10.1. The fraction of sp³-hybridized carbons (Fsp3) is 0.308. The van der Waals surface area contributed by atoms with Crippen molar-refractivity contribution in [3.63, 3.8) is 0 Å². The molecule has 0 unspecified atom stereocenters. The number of nitrogens with two attached hydrogens (primary N) is 1. The lowest BCUT2D eigenvalue weighted by Crippen LogP contribution is -1.95. The van der Waals surface area contributed by atoms with Crippen LogP contribution in [-0.2, 0) is 0 Å². The van der Waals surface area contributed by atoms with Crippen molar-refractivity contribution in [3.8, 4) is 11.3 Å². The number of benzene rings is 1. The summed E-state index contributed by atoms with van der Waals surface area (Å²) in [6.07, 6.45) is 0. The molecule has 0 radical (unpaired) electrons. The van der Waals surface area contributed by atoms with E-state index >= 15 is 0 Å². The average molecular weight is 251 g/mol. The van der Waals surface area contributed by atoms with Gasteiger partial charge in [0.25, 0.3) is 0 Å². The number of aromatic nitrogens is 1. The van der Waals surface area contributed by atoms with Crippen molar-refractivity contribution in [2.75, 3.05) is 5.73 Å². The van der Waals surface area contributed by atoms with Gasteiger partial charge in [-0.25, -0.2) is 0 Å². The Hall–Kier alpha value is -1.48. The highest BCUT2D eigenvalue weighted by Gasteiger charge is 2.20. The van der Waals surface area contributed by atoms with Gasteiger partial charge in [0, 0.05) is 11.1 Å². The molecule has 1 aromatic heterocycles. The molecule has 2 rings (SSSR count). The van der Waals surface area contributed by atoms with Crippen LogP contribution >= 0.6 is 11.6 Å². The zero-order chi connectivity index (χ0) is 12.6. The monoisotopic (exact) mass is 250 g/mol. The van der Waals surface area contributed by atoms with Crippen molar-refractivity contribution >= 4 is 17.5 Å². The third-order valence-electron chi connectivity index (χ3n) is 2.78. The van der Waals surface area contributed by atoms with Crippen LogP contribution in [0.1, 0.15) is 30.9 Å². The fourth-order valence-electron chi connectivity index (χ4n) is 1.89. The van der Waals surface area contributed by atoms with E-state index in [0.29, 0.717) is 10.9 Å². The number of nitrogens with zero attached hydrogens (tertiary/aromatic N) is 1. The Morgan fingerprint density at radius 1 is 1.35 bits per heavy atom. The predicted molar refractivity (Wildman–Crippen MR) is 70.2 cm³/mol. The summed E-state index contributed by atoms with van der Waals surface area (Å²) in [6.45, 7) is 6.07. The van der Waals surface area contributed by atoms with Crippen molar-refractivity contribution in [1.29, 1.82) is 0 Å². The van der Waals surface area contributed by atoms with Crippen LogP contribution in [0.5, 0.6) is 0 Å². The quantitative estimate of drug-likeness (QED) is 0.876. The highest BCUT2D eigenvalue weighted by atomic mass is 35.5. The molecule has 0 amide bonds. The molecular weight excluding hydrogens is 236 g/mol. The topological polar surface area (TPSA) is 52.0 Å². The third kappa shape index (κ3) is 2.03. The molecule has 0 aliphatic heterocycles. The van der Waals surface area contributed by atoms with Gasteiger partial charge >= 0.3 is 0 Å². The van der Waals surface area contributed by atoms with E-state index in [1.54, 1.807) is 0 Å². The first kappa shape index (κ1) is 12.0. The van der Waals surface area contributed by atoms with E-state index in [4.69, 9.17) is 21.9 Å². The summed E-state index contributed by atoms with van der Waals surface area (Å²) in [5, 5.41) is 4.72. The molecule has 0 saturated heterocycles. The van der Waals surface area contributed by atoms with Crippen LogP contribution < -0.4 is 5.73 Å². The number of anilines is 1. The van der Waals surface area contributed by atoms with Crippen LogP contribution in [0, 0.1) is 6.92 Å². The van der Waals surface area contributed by atoms with Gasteiger partial charge in [-0.05, 0) is 18.4 Å². The van der Waals surface area contributed by atoms with Gasteiger partial charge in [-0.1, -0.05) is 48.8 Å².